The summed E-state index contributed by atoms with van der Waals surface area (Å²) in [6.45, 7) is 0. The molecule has 1 heterocycles. The van der Waals surface area contributed by atoms with Gasteiger partial charge in [0, 0.05) is 12.1 Å². The summed E-state index contributed by atoms with van der Waals surface area (Å²) < 4.78 is 1.50. The van der Waals surface area contributed by atoms with Crippen LogP contribution in [0.3, 0.4) is 0 Å². The van der Waals surface area contributed by atoms with Crippen molar-refractivity contribution in [3.8, 4) is 5.75 Å². The van der Waals surface area contributed by atoms with Crippen LogP contribution in [0.2, 0.25) is 15.1 Å². The molecule has 0 saturated carbocycles. The van der Waals surface area contributed by atoms with E-state index >= 15 is 0 Å². The molecule has 0 spiro atoms. The van der Waals surface area contributed by atoms with E-state index in [0.717, 1.165) is 0 Å². The maximum atomic E-state index is 12.5. The Hall–Kier alpha value is -1.27. The fraction of sp³-hybridized carbons (Fsp3) is 0.0714. The molecule has 2 aromatic rings. The first-order valence-corrected chi connectivity index (χ1v) is 8.03. The van der Waals surface area contributed by atoms with E-state index < -0.39 is 0 Å². The third-order valence-corrected chi connectivity index (χ3v) is 5.14. The van der Waals surface area contributed by atoms with Crippen molar-refractivity contribution >= 4 is 64.2 Å². The topological polar surface area (TPSA) is 43.8 Å². The Morgan fingerprint density at radius 2 is 1.77 bits per heavy atom. The van der Waals surface area contributed by atoms with Crippen molar-refractivity contribution in [1.29, 1.82) is 0 Å². The first-order valence-electron chi connectivity index (χ1n) is 6.12. The Kier molecular flexibility index (Phi) is 4.07. The molecule has 4 nitrogen and oxygen atoms in total. The highest BCUT2D eigenvalue weighted by Gasteiger charge is 2.33. The van der Waals surface area contributed by atoms with Gasteiger partial charge in [0.1, 0.15) is 5.02 Å². The molecule has 3 rings (SSSR count). The van der Waals surface area contributed by atoms with E-state index in [2.05, 4.69) is 0 Å². The second-order valence-corrected chi connectivity index (χ2v) is 6.78. The molecule has 0 saturated heterocycles. The molecular weight excluding hydrogens is 367 g/mol. The van der Waals surface area contributed by atoms with Crippen LogP contribution in [0.15, 0.2) is 35.2 Å². The predicted molar refractivity (Wildman–Crippen MR) is 91.7 cm³/mol. The zero-order valence-electron chi connectivity index (χ0n) is 11.2. The highest BCUT2D eigenvalue weighted by Crippen LogP contribution is 2.49. The number of carbonyl (C=O) groups excluding carboxylic acids is 1. The second kappa shape index (κ2) is 5.74. The van der Waals surface area contributed by atoms with Gasteiger partial charge < -0.3 is 5.11 Å². The van der Waals surface area contributed by atoms with Crippen molar-refractivity contribution in [2.75, 3.05) is 16.3 Å². The van der Waals surface area contributed by atoms with E-state index in [9.17, 15) is 9.90 Å². The number of phenols is 1. The molecule has 2 amide bonds. The standard InChI is InChI=1S/C14H9Cl3N2O2S/c1-18-12-10(6-9(16)13(20)11(12)17)22-19(14(18)21)8-4-2-7(15)3-5-8/h2-6,20H,1H3. The molecule has 22 heavy (non-hydrogen) atoms. The van der Waals surface area contributed by atoms with E-state index in [0.29, 0.717) is 21.3 Å². The summed E-state index contributed by atoms with van der Waals surface area (Å²) in [5.41, 5.74) is 1.11. The minimum absolute atomic E-state index is 0.0570. The van der Waals surface area contributed by atoms with Crippen LogP contribution in [0, 0.1) is 0 Å². The second-order valence-electron chi connectivity index (χ2n) is 4.57. The van der Waals surface area contributed by atoms with Crippen molar-refractivity contribution in [1.82, 2.24) is 0 Å². The Morgan fingerprint density at radius 1 is 1.14 bits per heavy atom. The predicted octanol–water partition coefficient (Wildman–Crippen LogP) is 5.44. The number of hydrogen-bond acceptors (Lipinski definition) is 3. The van der Waals surface area contributed by atoms with Crippen LogP contribution >= 0.6 is 46.8 Å². The van der Waals surface area contributed by atoms with Crippen molar-refractivity contribution in [2.24, 2.45) is 0 Å². The van der Waals surface area contributed by atoms with E-state index in [1.165, 1.54) is 21.2 Å². The number of carbonyl (C=O) groups is 1. The molecule has 1 aliphatic rings. The van der Waals surface area contributed by atoms with Gasteiger partial charge in [0.2, 0.25) is 0 Å². The molecule has 0 unspecified atom stereocenters. The van der Waals surface area contributed by atoms with Crippen LogP contribution in [0.25, 0.3) is 0 Å². The first-order chi connectivity index (χ1) is 10.4. The Labute approximate surface area is 146 Å². The van der Waals surface area contributed by atoms with Crippen molar-refractivity contribution in [3.63, 3.8) is 0 Å². The highest BCUT2D eigenvalue weighted by molar-refractivity contribution is 8.01. The molecule has 8 heteroatoms. The molecular formula is C14H9Cl3N2O2S. The lowest BCUT2D eigenvalue weighted by atomic mass is 10.2. The van der Waals surface area contributed by atoms with Crippen molar-refractivity contribution in [3.05, 3.63) is 45.4 Å². The lowest BCUT2D eigenvalue weighted by Gasteiger charge is -2.34. The summed E-state index contributed by atoms with van der Waals surface area (Å²) in [6, 6.07) is 8.19. The first kappa shape index (κ1) is 15.6. The molecule has 0 fully saturated rings. The van der Waals surface area contributed by atoms with Gasteiger partial charge in [-0.15, -0.1) is 0 Å². The van der Waals surface area contributed by atoms with Gasteiger partial charge in [0.05, 0.1) is 21.3 Å². The summed E-state index contributed by atoms with van der Waals surface area (Å²) in [7, 11) is 1.59. The zero-order valence-corrected chi connectivity index (χ0v) is 14.3. The largest absolute Gasteiger partial charge is 0.505 e. The number of rotatable bonds is 1. The molecule has 114 valence electrons. The number of benzene rings is 2. The van der Waals surface area contributed by atoms with E-state index in [-0.39, 0.29) is 21.8 Å². The summed E-state index contributed by atoms with van der Waals surface area (Å²) in [6.07, 6.45) is 0. The van der Waals surface area contributed by atoms with Gasteiger partial charge in [0.25, 0.3) is 0 Å². The van der Waals surface area contributed by atoms with Gasteiger partial charge in [0.15, 0.2) is 5.75 Å². The zero-order chi connectivity index (χ0) is 16.0. The van der Waals surface area contributed by atoms with Gasteiger partial charge in [-0.05, 0) is 42.3 Å². The summed E-state index contributed by atoms with van der Waals surface area (Å²) >= 11 is 19.1. The molecule has 0 atom stereocenters. The summed E-state index contributed by atoms with van der Waals surface area (Å²) in [4.78, 5) is 14.6. The number of halogens is 3. The number of phenolic OH excluding ortho intramolecular Hbond substituents is 1. The van der Waals surface area contributed by atoms with Crippen molar-refractivity contribution < 1.29 is 9.90 Å². The monoisotopic (exact) mass is 374 g/mol. The quantitative estimate of drug-likeness (QED) is 0.675. The molecule has 0 aliphatic carbocycles. The van der Waals surface area contributed by atoms with E-state index in [1.54, 1.807) is 37.4 Å². The number of nitrogens with zero attached hydrogens (tertiary/aromatic N) is 2. The Balaban J connectivity index is 2.10. The normalized spacial score (nSPS) is 14.3. The van der Waals surface area contributed by atoms with Gasteiger partial charge in [-0.2, -0.15) is 0 Å². The molecule has 0 aromatic heterocycles. The van der Waals surface area contributed by atoms with Gasteiger partial charge in [-0.1, -0.05) is 34.8 Å². The molecule has 1 N–H and O–H groups in total. The third kappa shape index (κ3) is 2.48. The lowest BCUT2D eigenvalue weighted by molar-refractivity contribution is 0.255. The van der Waals surface area contributed by atoms with Crippen LogP contribution in [0.1, 0.15) is 0 Å². The minimum Gasteiger partial charge on any atom is -0.505 e. The minimum atomic E-state index is -0.288. The number of hydrogen-bond donors (Lipinski definition) is 1. The summed E-state index contributed by atoms with van der Waals surface area (Å²) in [5.74, 6) is -0.234. The fourth-order valence-electron chi connectivity index (χ4n) is 2.07. The van der Waals surface area contributed by atoms with Gasteiger partial charge in [-0.25, -0.2) is 9.10 Å². The van der Waals surface area contributed by atoms with Gasteiger partial charge in [-0.3, -0.25) is 4.90 Å². The number of urea groups is 1. The Morgan fingerprint density at radius 3 is 2.41 bits per heavy atom. The number of aromatic hydroxyl groups is 1. The highest BCUT2D eigenvalue weighted by atomic mass is 35.5. The van der Waals surface area contributed by atoms with E-state index in [1.807, 2.05) is 0 Å². The number of amides is 2. The molecule has 0 radical (unpaired) electrons. The van der Waals surface area contributed by atoms with Crippen LogP contribution in [-0.4, -0.2) is 18.2 Å². The fourth-order valence-corrected chi connectivity index (χ4v) is 4.02. The molecule has 1 aliphatic heterocycles. The third-order valence-electron chi connectivity index (χ3n) is 3.18. The maximum absolute atomic E-state index is 12.5. The van der Waals surface area contributed by atoms with Crippen LogP contribution in [-0.2, 0) is 0 Å². The number of fused-ring (bicyclic) bond motifs is 1. The van der Waals surface area contributed by atoms with Crippen molar-refractivity contribution in [2.45, 2.75) is 4.90 Å². The lowest BCUT2D eigenvalue weighted by Crippen LogP contribution is -2.40. The molecule has 0 bridgehead atoms. The SMILES string of the molecule is CN1C(=O)N(c2ccc(Cl)cc2)Sc2cc(Cl)c(O)c(Cl)c21. The Bertz CT molecular complexity index is 768. The van der Waals surface area contributed by atoms with Crippen LogP contribution in [0.5, 0.6) is 5.75 Å². The van der Waals surface area contributed by atoms with E-state index in [4.69, 9.17) is 34.8 Å². The van der Waals surface area contributed by atoms with Crippen LogP contribution in [0.4, 0.5) is 16.2 Å². The average Bonchev–Trinajstić information content (AvgIpc) is 2.49. The molecule has 2 aromatic carbocycles. The smallest absolute Gasteiger partial charge is 0.339 e. The maximum Gasteiger partial charge on any atom is 0.339 e. The summed E-state index contributed by atoms with van der Waals surface area (Å²) in [5, 5.41) is 10.6. The van der Waals surface area contributed by atoms with Gasteiger partial charge >= 0.3 is 6.03 Å². The average molecular weight is 376 g/mol. The van der Waals surface area contributed by atoms with Crippen LogP contribution < -0.4 is 9.21 Å². The number of anilines is 2.